The summed E-state index contributed by atoms with van der Waals surface area (Å²) in [4.78, 5) is 0. The lowest BCUT2D eigenvalue weighted by Gasteiger charge is -2.06. The van der Waals surface area contributed by atoms with Crippen molar-refractivity contribution in [3.05, 3.63) is 53.8 Å². The number of benzene rings is 2. The maximum atomic E-state index is 13.6. The molecule has 2 aromatic rings. The molecule has 2 N–H and O–H groups in total. The summed E-state index contributed by atoms with van der Waals surface area (Å²) in [6.07, 6.45) is 1.55. The molecule has 0 unspecified atom stereocenters. The van der Waals surface area contributed by atoms with Crippen molar-refractivity contribution >= 4 is 6.21 Å². The minimum atomic E-state index is -0.382. The summed E-state index contributed by atoms with van der Waals surface area (Å²) in [6, 6.07) is 12.4. The largest absolute Gasteiger partial charge is 0.494 e. The molecule has 92 valence electrons. The molecule has 0 spiro atoms. The predicted octanol–water partition coefficient (Wildman–Crippen LogP) is 2.79. The third-order valence-electron chi connectivity index (χ3n) is 2.60. The van der Waals surface area contributed by atoms with E-state index in [-0.39, 0.29) is 11.6 Å². The van der Waals surface area contributed by atoms with Crippen LogP contribution >= 0.6 is 0 Å². The first-order valence-corrected chi connectivity index (χ1v) is 5.42. The summed E-state index contributed by atoms with van der Waals surface area (Å²) >= 11 is 0. The zero-order valence-electron chi connectivity index (χ0n) is 9.93. The van der Waals surface area contributed by atoms with Crippen LogP contribution in [0.4, 0.5) is 4.39 Å². The number of nitrogens with zero attached hydrogens (tertiary/aromatic N) is 1. The summed E-state index contributed by atoms with van der Waals surface area (Å²) in [6.45, 7) is 0. The van der Waals surface area contributed by atoms with Crippen LogP contribution in [0.1, 0.15) is 5.56 Å². The van der Waals surface area contributed by atoms with E-state index in [2.05, 4.69) is 5.10 Å². The smallest absolute Gasteiger partial charge is 0.165 e. The van der Waals surface area contributed by atoms with Gasteiger partial charge in [0.25, 0.3) is 0 Å². The third-order valence-corrected chi connectivity index (χ3v) is 2.60. The molecule has 2 aromatic carbocycles. The van der Waals surface area contributed by atoms with E-state index in [9.17, 15) is 4.39 Å². The van der Waals surface area contributed by atoms with Crippen LogP contribution in [0, 0.1) is 5.82 Å². The summed E-state index contributed by atoms with van der Waals surface area (Å²) in [5.41, 5.74) is 2.54. The molecule has 2 rings (SSSR count). The van der Waals surface area contributed by atoms with Crippen LogP contribution in [-0.4, -0.2) is 13.3 Å². The van der Waals surface area contributed by atoms with E-state index in [4.69, 9.17) is 10.6 Å². The molecule has 3 nitrogen and oxygen atoms in total. The molecule has 0 bridgehead atoms. The van der Waals surface area contributed by atoms with Gasteiger partial charge in [-0.2, -0.15) is 5.10 Å². The Morgan fingerprint density at radius 2 is 1.94 bits per heavy atom. The van der Waals surface area contributed by atoms with Crippen molar-refractivity contribution in [1.29, 1.82) is 0 Å². The van der Waals surface area contributed by atoms with Gasteiger partial charge < -0.3 is 10.6 Å². The summed E-state index contributed by atoms with van der Waals surface area (Å²) < 4.78 is 18.5. The molecule has 0 aliphatic heterocycles. The molecule has 0 aliphatic rings. The molecule has 0 amide bonds. The van der Waals surface area contributed by atoms with Crippen LogP contribution in [-0.2, 0) is 0 Å². The van der Waals surface area contributed by atoms with Gasteiger partial charge in [0.15, 0.2) is 11.6 Å². The molecule has 0 atom stereocenters. The molecule has 0 radical (unpaired) electrons. The highest BCUT2D eigenvalue weighted by Gasteiger charge is 2.05. The van der Waals surface area contributed by atoms with Crippen molar-refractivity contribution in [2.24, 2.45) is 10.9 Å². The van der Waals surface area contributed by atoms with Gasteiger partial charge in [0, 0.05) is 0 Å². The van der Waals surface area contributed by atoms with Crippen LogP contribution in [0.3, 0.4) is 0 Å². The highest BCUT2D eigenvalue weighted by molar-refractivity contribution is 5.82. The maximum absolute atomic E-state index is 13.6. The van der Waals surface area contributed by atoms with Crippen molar-refractivity contribution in [3.8, 4) is 16.9 Å². The van der Waals surface area contributed by atoms with E-state index in [0.29, 0.717) is 0 Å². The Hall–Kier alpha value is -2.36. The summed E-state index contributed by atoms with van der Waals surface area (Å²) in [5.74, 6) is 4.96. The Kier molecular flexibility index (Phi) is 3.57. The topological polar surface area (TPSA) is 47.6 Å². The van der Waals surface area contributed by atoms with Gasteiger partial charge >= 0.3 is 0 Å². The van der Waals surface area contributed by atoms with E-state index in [1.165, 1.54) is 13.2 Å². The molecule has 0 saturated heterocycles. The first-order chi connectivity index (χ1) is 8.74. The van der Waals surface area contributed by atoms with Gasteiger partial charge in [-0.15, -0.1) is 0 Å². The lowest BCUT2D eigenvalue weighted by molar-refractivity contribution is 0.386. The van der Waals surface area contributed by atoms with Crippen LogP contribution in [0.15, 0.2) is 47.6 Å². The van der Waals surface area contributed by atoms with Crippen molar-refractivity contribution in [3.63, 3.8) is 0 Å². The monoisotopic (exact) mass is 244 g/mol. The van der Waals surface area contributed by atoms with Crippen molar-refractivity contribution in [2.45, 2.75) is 0 Å². The van der Waals surface area contributed by atoms with E-state index in [0.717, 1.165) is 16.7 Å². The highest BCUT2D eigenvalue weighted by atomic mass is 19.1. The quantitative estimate of drug-likeness (QED) is 0.512. The lowest BCUT2D eigenvalue weighted by atomic mass is 10.0. The molecule has 0 fully saturated rings. The van der Waals surface area contributed by atoms with Crippen molar-refractivity contribution in [2.75, 3.05) is 7.11 Å². The SMILES string of the molecule is COc1ccc(-c2cccc(C=NN)c2)cc1F. The number of hydrogen-bond acceptors (Lipinski definition) is 3. The maximum Gasteiger partial charge on any atom is 0.165 e. The number of hydrogen-bond donors (Lipinski definition) is 1. The van der Waals surface area contributed by atoms with Gasteiger partial charge in [0.1, 0.15) is 0 Å². The lowest BCUT2D eigenvalue weighted by Crippen LogP contribution is -1.90. The Labute approximate surface area is 105 Å². The van der Waals surface area contributed by atoms with Gasteiger partial charge in [0.05, 0.1) is 13.3 Å². The first-order valence-electron chi connectivity index (χ1n) is 5.42. The number of methoxy groups -OCH3 is 1. The average molecular weight is 244 g/mol. The van der Waals surface area contributed by atoms with Crippen LogP contribution in [0.5, 0.6) is 5.75 Å². The molecule has 4 heteroatoms. The van der Waals surface area contributed by atoms with E-state index >= 15 is 0 Å². The van der Waals surface area contributed by atoms with Gasteiger partial charge in [-0.05, 0) is 34.9 Å². The number of ether oxygens (including phenoxy) is 1. The van der Waals surface area contributed by atoms with Gasteiger partial charge in [-0.3, -0.25) is 0 Å². The Morgan fingerprint density at radius 1 is 1.17 bits per heavy atom. The second-order valence-electron chi connectivity index (χ2n) is 3.75. The fourth-order valence-corrected chi connectivity index (χ4v) is 1.73. The van der Waals surface area contributed by atoms with Gasteiger partial charge in [0.2, 0.25) is 0 Å². The van der Waals surface area contributed by atoms with Crippen LogP contribution in [0.25, 0.3) is 11.1 Å². The highest BCUT2D eigenvalue weighted by Crippen LogP contribution is 2.25. The van der Waals surface area contributed by atoms with Crippen molar-refractivity contribution < 1.29 is 9.13 Å². The Balaban J connectivity index is 2.42. The number of rotatable bonds is 3. The van der Waals surface area contributed by atoms with E-state index in [1.807, 2.05) is 24.3 Å². The average Bonchev–Trinajstić information content (AvgIpc) is 2.39. The minimum Gasteiger partial charge on any atom is -0.494 e. The standard InChI is InChI=1S/C14H13FN2O/c1-18-14-6-5-12(8-13(14)15)11-4-2-3-10(7-11)9-17-16/h2-9H,16H2,1H3. The number of hydrazone groups is 1. The molecule has 0 aliphatic carbocycles. The Morgan fingerprint density at radius 3 is 2.61 bits per heavy atom. The Bertz CT molecular complexity index is 582. The molecular formula is C14H13FN2O. The normalized spacial score (nSPS) is 10.8. The third kappa shape index (κ3) is 2.48. The summed E-state index contributed by atoms with van der Waals surface area (Å²) in [7, 11) is 1.44. The van der Waals surface area contributed by atoms with Gasteiger partial charge in [-0.1, -0.05) is 24.3 Å². The van der Waals surface area contributed by atoms with Gasteiger partial charge in [-0.25, -0.2) is 4.39 Å². The van der Waals surface area contributed by atoms with Crippen molar-refractivity contribution in [1.82, 2.24) is 0 Å². The van der Waals surface area contributed by atoms with Crippen LogP contribution in [0.2, 0.25) is 0 Å². The molecule has 0 saturated carbocycles. The van der Waals surface area contributed by atoms with Crippen LogP contribution < -0.4 is 10.6 Å². The zero-order chi connectivity index (χ0) is 13.0. The minimum absolute atomic E-state index is 0.235. The van der Waals surface area contributed by atoms with E-state index < -0.39 is 0 Å². The molecular weight excluding hydrogens is 231 g/mol. The predicted molar refractivity (Wildman–Crippen MR) is 70.2 cm³/mol. The second-order valence-corrected chi connectivity index (χ2v) is 3.75. The molecule has 0 heterocycles. The second kappa shape index (κ2) is 5.31. The fraction of sp³-hybridized carbons (Fsp3) is 0.0714. The fourth-order valence-electron chi connectivity index (χ4n) is 1.73. The number of nitrogens with two attached hydrogens (primary N) is 1. The van der Waals surface area contributed by atoms with E-state index in [1.54, 1.807) is 18.3 Å². The molecule has 18 heavy (non-hydrogen) atoms. The zero-order valence-corrected chi connectivity index (χ0v) is 9.93. The molecule has 0 aromatic heterocycles. The number of halogens is 1. The first kappa shape index (κ1) is 12.1. The summed E-state index contributed by atoms with van der Waals surface area (Å²) in [5, 5.41) is 3.47.